The summed E-state index contributed by atoms with van der Waals surface area (Å²) in [5, 5.41) is 2.46. The molecule has 0 aliphatic rings. The van der Waals surface area contributed by atoms with Crippen LogP contribution in [0.1, 0.15) is 41.9 Å². The smallest absolute Gasteiger partial charge is 0.276 e. The zero-order valence-corrected chi connectivity index (χ0v) is 21.8. The van der Waals surface area contributed by atoms with Gasteiger partial charge >= 0.3 is 0 Å². The van der Waals surface area contributed by atoms with Crippen LogP contribution < -0.4 is 10.3 Å². The predicted octanol–water partition coefficient (Wildman–Crippen LogP) is 6.49. The average Bonchev–Trinajstić information content (AvgIpc) is 3.21. The van der Waals surface area contributed by atoms with Crippen molar-refractivity contribution < 1.29 is 4.74 Å². The van der Waals surface area contributed by atoms with Gasteiger partial charge in [-0.05, 0) is 59.4 Å². The number of benzene rings is 1. The maximum atomic E-state index is 13.3. The monoisotopic (exact) mass is 544 g/mol. The van der Waals surface area contributed by atoms with E-state index in [9.17, 15) is 4.79 Å². The third-order valence-electron chi connectivity index (χ3n) is 5.00. The van der Waals surface area contributed by atoms with Crippen LogP contribution in [0, 0.1) is 13.8 Å². The fourth-order valence-corrected chi connectivity index (χ4v) is 4.62. The summed E-state index contributed by atoms with van der Waals surface area (Å²) in [6, 6.07) is 9.36. The Balaban J connectivity index is 1.73. The molecule has 1 aromatic carbocycles. The molecule has 0 spiro atoms. The van der Waals surface area contributed by atoms with Crippen molar-refractivity contribution in [3.8, 4) is 22.8 Å². The Morgan fingerprint density at radius 2 is 1.97 bits per heavy atom. The Hall–Kier alpha value is -2.55. The maximum absolute atomic E-state index is 13.3. The zero-order valence-electron chi connectivity index (χ0n) is 18.6. The van der Waals surface area contributed by atoms with Crippen LogP contribution in [0.4, 0.5) is 0 Å². The number of aromatic nitrogens is 4. The number of halogens is 2. The van der Waals surface area contributed by atoms with Crippen LogP contribution in [0.2, 0.25) is 5.02 Å². The Kier molecular flexibility index (Phi) is 6.97. The summed E-state index contributed by atoms with van der Waals surface area (Å²) in [5.41, 5.74) is 2.84. The number of hydrogen-bond donors (Lipinski definition) is 0. The molecule has 0 saturated carbocycles. The van der Waals surface area contributed by atoms with Crippen molar-refractivity contribution in [2.24, 2.45) is 0 Å². The molecule has 0 N–H and O–H groups in total. The summed E-state index contributed by atoms with van der Waals surface area (Å²) in [6.45, 7) is 8.21. The van der Waals surface area contributed by atoms with E-state index >= 15 is 0 Å². The lowest BCUT2D eigenvalue weighted by atomic mass is 10.1. The Bertz CT molecular complexity index is 1380. The minimum absolute atomic E-state index is 0.201. The van der Waals surface area contributed by atoms with Crippen LogP contribution in [0.25, 0.3) is 16.9 Å². The lowest BCUT2D eigenvalue weighted by Gasteiger charge is -2.15. The van der Waals surface area contributed by atoms with Gasteiger partial charge in [-0.2, -0.15) is 4.98 Å². The molecule has 0 amide bonds. The standard InChI is InChI=1S/C24H22BrClN4O2S/c1-13(2)22-27-8-7-19(29-22)17-5-6-18(26)20(10-17)30-15(4)28-23(21(25)24(30)31)32-11-16-9-14(3)33-12-16/h5-10,12-13H,11H2,1-4H3. The van der Waals surface area contributed by atoms with Gasteiger partial charge in [0, 0.05) is 28.1 Å². The van der Waals surface area contributed by atoms with Gasteiger partial charge in [-0.25, -0.2) is 9.97 Å². The van der Waals surface area contributed by atoms with Crippen molar-refractivity contribution in [1.82, 2.24) is 19.5 Å². The average molecular weight is 546 g/mol. The quantitative estimate of drug-likeness (QED) is 0.277. The van der Waals surface area contributed by atoms with Gasteiger partial charge < -0.3 is 4.74 Å². The molecule has 0 radical (unpaired) electrons. The summed E-state index contributed by atoms with van der Waals surface area (Å²) in [6.07, 6.45) is 1.74. The van der Waals surface area contributed by atoms with Crippen molar-refractivity contribution in [2.45, 2.75) is 40.2 Å². The summed E-state index contributed by atoms with van der Waals surface area (Å²) in [7, 11) is 0. The Morgan fingerprint density at radius 1 is 1.18 bits per heavy atom. The molecular formula is C24H22BrClN4O2S. The van der Waals surface area contributed by atoms with E-state index in [0.717, 1.165) is 22.6 Å². The molecule has 0 bridgehead atoms. The van der Waals surface area contributed by atoms with E-state index in [0.29, 0.717) is 23.1 Å². The van der Waals surface area contributed by atoms with Crippen LogP contribution in [-0.2, 0) is 6.61 Å². The fraction of sp³-hybridized carbons (Fsp3) is 0.250. The molecule has 0 aliphatic heterocycles. The molecule has 4 rings (SSSR count). The van der Waals surface area contributed by atoms with Crippen molar-refractivity contribution in [3.05, 3.63) is 83.8 Å². The van der Waals surface area contributed by atoms with Crippen molar-refractivity contribution in [3.63, 3.8) is 0 Å². The van der Waals surface area contributed by atoms with Crippen molar-refractivity contribution in [2.75, 3.05) is 0 Å². The molecule has 3 aromatic heterocycles. The lowest BCUT2D eigenvalue weighted by Crippen LogP contribution is -2.24. The number of rotatable bonds is 6. The van der Waals surface area contributed by atoms with Crippen LogP contribution in [0.15, 0.2) is 51.2 Å². The lowest BCUT2D eigenvalue weighted by molar-refractivity contribution is 0.289. The highest BCUT2D eigenvalue weighted by atomic mass is 79.9. The first-order valence-electron chi connectivity index (χ1n) is 10.3. The third-order valence-corrected chi connectivity index (χ3v) is 6.91. The zero-order chi connectivity index (χ0) is 23.7. The predicted molar refractivity (Wildman–Crippen MR) is 136 cm³/mol. The summed E-state index contributed by atoms with van der Waals surface area (Å²) in [5.74, 6) is 1.67. The Labute approximate surface area is 209 Å². The molecule has 0 unspecified atom stereocenters. The molecule has 3 heterocycles. The Morgan fingerprint density at radius 3 is 2.67 bits per heavy atom. The van der Waals surface area contributed by atoms with E-state index < -0.39 is 0 Å². The van der Waals surface area contributed by atoms with Crippen LogP contribution in [0.3, 0.4) is 0 Å². The maximum Gasteiger partial charge on any atom is 0.276 e. The highest BCUT2D eigenvalue weighted by Gasteiger charge is 2.18. The number of thiophene rings is 1. The molecule has 0 saturated heterocycles. The molecule has 170 valence electrons. The first-order valence-corrected chi connectivity index (χ1v) is 12.4. The molecule has 0 atom stereocenters. The van der Waals surface area contributed by atoms with Gasteiger partial charge in [0.05, 0.1) is 16.4 Å². The second-order valence-electron chi connectivity index (χ2n) is 7.89. The summed E-state index contributed by atoms with van der Waals surface area (Å²) < 4.78 is 7.55. The van der Waals surface area contributed by atoms with Crippen LogP contribution in [-0.4, -0.2) is 19.5 Å². The molecule has 9 heteroatoms. The number of ether oxygens (including phenoxy) is 1. The van der Waals surface area contributed by atoms with Crippen LogP contribution >= 0.6 is 38.9 Å². The molecule has 4 aromatic rings. The normalized spacial score (nSPS) is 11.2. The summed E-state index contributed by atoms with van der Waals surface area (Å²) in [4.78, 5) is 28.0. The van der Waals surface area contributed by atoms with Crippen LogP contribution in [0.5, 0.6) is 5.88 Å². The first-order chi connectivity index (χ1) is 15.7. The molecule has 33 heavy (non-hydrogen) atoms. The third kappa shape index (κ3) is 5.03. The van der Waals surface area contributed by atoms with E-state index in [1.807, 2.05) is 44.4 Å². The van der Waals surface area contributed by atoms with E-state index in [1.165, 1.54) is 9.44 Å². The molecule has 6 nitrogen and oxygen atoms in total. The van der Waals surface area contributed by atoms with Gasteiger partial charge in [0.15, 0.2) is 0 Å². The molecule has 0 aliphatic carbocycles. The summed E-state index contributed by atoms with van der Waals surface area (Å²) >= 11 is 11.5. The van der Waals surface area contributed by atoms with E-state index in [-0.39, 0.29) is 21.8 Å². The molecular weight excluding hydrogens is 524 g/mol. The molecule has 0 fully saturated rings. The first kappa shape index (κ1) is 23.6. The van der Waals surface area contributed by atoms with Gasteiger partial charge in [-0.15, -0.1) is 11.3 Å². The van der Waals surface area contributed by atoms with Crippen molar-refractivity contribution in [1.29, 1.82) is 0 Å². The highest BCUT2D eigenvalue weighted by molar-refractivity contribution is 9.10. The number of aryl methyl sites for hydroxylation is 2. The van der Waals surface area contributed by atoms with Gasteiger partial charge in [-0.3, -0.25) is 9.36 Å². The minimum atomic E-state index is -0.302. The van der Waals surface area contributed by atoms with E-state index in [4.69, 9.17) is 16.3 Å². The van der Waals surface area contributed by atoms with Gasteiger partial charge in [-0.1, -0.05) is 31.5 Å². The van der Waals surface area contributed by atoms with Gasteiger partial charge in [0.1, 0.15) is 22.7 Å². The topological polar surface area (TPSA) is 69.9 Å². The largest absolute Gasteiger partial charge is 0.472 e. The minimum Gasteiger partial charge on any atom is -0.472 e. The fourth-order valence-electron chi connectivity index (χ4n) is 3.34. The highest BCUT2D eigenvalue weighted by Crippen LogP contribution is 2.29. The number of hydrogen-bond acceptors (Lipinski definition) is 6. The van der Waals surface area contributed by atoms with Crippen molar-refractivity contribution >= 4 is 38.9 Å². The second kappa shape index (κ2) is 9.75. The van der Waals surface area contributed by atoms with E-state index in [1.54, 1.807) is 30.5 Å². The SMILES string of the molecule is Cc1cc(COc2nc(C)n(-c3cc(-c4ccnc(C(C)C)n4)ccc3Cl)c(=O)c2Br)cs1. The second-order valence-corrected chi connectivity index (χ2v) is 10.2. The van der Waals surface area contributed by atoms with Gasteiger partial charge in [0.25, 0.3) is 5.56 Å². The van der Waals surface area contributed by atoms with Gasteiger partial charge in [0.2, 0.25) is 5.88 Å². The number of nitrogens with zero attached hydrogens (tertiary/aromatic N) is 4. The van der Waals surface area contributed by atoms with E-state index in [2.05, 4.69) is 36.9 Å².